The van der Waals surface area contributed by atoms with Gasteiger partial charge in [-0.2, -0.15) is 0 Å². The summed E-state index contributed by atoms with van der Waals surface area (Å²) >= 11 is 0. The summed E-state index contributed by atoms with van der Waals surface area (Å²) in [6, 6.07) is 10.4. The number of benzene rings is 1. The summed E-state index contributed by atoms with van der Waals surface area (Å²) in [6.07, 6.45) is 0.957. The summed E-state index contributed by atoms with van der Waals surface area (Å²) in [5.41, 5.74) is 2.49. The van der Waals surface area contributed by atoms with E-state index in [-0.39, 0.29) is 0 Å². The topological polar surface area (TPSA) is 21.3 Å². The van der Waals surface area contributed by atoms with Gasteiger partial charge in [0.05, 0.1) is 13.2 Å². The molecule has 0 atom stereocenters. The number of hydrogen-bond acceptors (Lipinski definition) is 2. The van der Waals surface area contributed by atoms with E-state index >= 15 is 0 Å². The van der Waals surface area contributed by atoms with Crippen LogP contribution in [-0.4, -0.2) is 19.8 Å². The zero-order valence-electron chi connectivity index (χ0n) is 10.0. The normalized spacial score (nSPS) is 10.3. The van der Waals surface area contributed by atoms with Crippen molar-refractivity contribution in [3.05, 3.63) is 48.0 Å². The van der Waals surface area contributed by atoms with Crippen LogP contribution in [-0.2, 0) is 11.3 Å². The summed E-state index contributed by atoms with van der Waals surface area (Å²) < 4.78 is 5.46. The van der Waals surface area contributed by atoms with Crippen LogP contribution in [0.4, 0.5) is 0 Å². The van der Waals surface area contributed by atoms with Crippen LogP contribution in [0, 0.1) is 0 Å². The van der Waals surface area contributed by atoms with Gasteiger partial charge in [-0.25, -0.2) is 0 Å². The molecule has 0 radical (unpaired) electrons. The molecule has 0 aliphatic carbocycles. The zero-order chi connectivity index (χ0) is 11.6. The fraction of sp³-hybridized carbons (Fsp3) is 0.429. The second-order valence-corrected chi connectivity index (χ2v) is 3.98. The fourth-order valence-corrected chi connectivity index (χ4v) is 1.32. The van der Waals surface area contributed by atoms with Crippen molar-refractivity contribution in [1.29, 1.82) is 0 Å². The minimum absolute atomic E-state index is 0.764. The van der Waals surface area contributed by atoms with Crippen molar-refractivity contribution < 1.29 is 4.74 Å². The SMILES string of the molecule is C=C(C)CCOCCNCc1ccccc1. The molecule has 0 saturated heterocycles. The predicted octanol–water partition coefficient (Wildman–Crippen LogP) is 2.76. The van der Waals surface area contributed by atoms with E-state index in [0.29, 0.717) is 0 Å². The van der Waals surface area contributed by atoms with Gasteiger partial charge in [-0.1, -0.05) is 35.9 Å². The number of nitrogens with one attached hydrogen (secondary N) is 1. The highest BCUT2D eigenvalue weighted by molar-refractivity contribution is 5.14. The molecular weight excluding hydrogens is 198 g/mol. The van der Waals surface area contributed by atoms with Gasteiger partial charge in [-0.15, -0.1) is 6.58 Å². The first-order valence-electron chi connectivity index (χ1n) is 5.76. The number of rotatable bonds is 8. The van der Waals surface area contributed by atoms with Crippen molar-refractivity contribution in [2.75, 3.05) is 19.8 Å². The van der Waals surface area contributed by atoms with Crippen LogP contribution >= 0.6 is 0 Å². The molecule has 1 rings (SSSR count). The van der Waals surface area contributed by atoms with Crippen LogP contribution in [0.3, 0.4) is 0 Å². The lowest BCUT2D eigenvalue weighted by Gasteiger charge is -2.06. The smallest absolute Gasteiger partial charge is 0.0591 e. The Morgan fingerprint density at radius 2 is 2.00 bits per heavy atom. The molecule has 0 aliphatic rings. The van der Waals surface area contributed by atoms with Crippen LogP contribution in [0.5, 0.6) is 0 Å². The predicted molar refractivity (Wildman–Crippen MR) is 68.4 cm³/mol. The van der Waals surface area contributed by atoms with Gasteiger partial charge in [-0.05, 0) is 18.9 Å². The average Bonchev–Trinajstić information content (AvgIpc) is 2.29. The standard InChI is InChI=1S/C14H21NO/c1-13(2)8-10-16-11-9-15-12-14-6-4-3-5-7-14/h3-7,15H,1,8-12H2,2H3. The molecule has 0 amide bonds. The Hall–Kier alpha value is -1.12. The van der Waals surface area contributed by atoms with E-state index in [4.69, 9.17) is 4.74 Å². The van der Waals surface area contributed by atoms with E-state index < -0.39 is 0 Å². The molecule has 1 aromatic carbocycles. The first-order valence-corrected chi connectivity index (χ1v) is 5.76. The number of hydrogen-bond donors (Lipinski definition) is 1. The molecule has 0 aliphatic heterocycles. The molecule has 2 nitrogen and oxygen atoms in total. The number of ether oxygens (including phenoxy) is 1. The lowest BCUT2D eigenvalue weighted by Crippen LogP contribution is -2.19. The lowest BCUT2D eigenvalue weighted by atomic mass is 10.2. The van der Waals surface area contributed by atoms with Gasteiger partial charge in [0.25, 0.3) is 0 Å². The Balaban J connectivity index is 1.94. The maximum Gasteiger partial charge on any atom is 0.0591 e. The maximum atomic E-state index is 5.46. The molecule has 0 saturated carbocycles. The third-order valence-corrected chi connectivity index (χ3v) is 2.27. The summed E-state index contributed by atoms with van der Waals surface area (Å²) in [6.45, 7) is 9.20. The van der Waals surface area contributed by atoms with Crippen LogP contribution in [0.25, 0.3) is 0 Å². The Kier molecular flexibility index (Phi) is 6.54. The molecule has 0 heterocycles. The average molecular weight is 219 g/mol. The third kappa shape index (κ3) is 6.38. The molecule has 2 heteroatoms. The first-order chi connectivity index (χ1) is 7.79. The highest BCUT2D eigenvalue weighted by Crippen LogP contribution is 1.97. The minimum atomic E-state index is 0.764. The maximum absolute atomic E-state index is 5.46. The van der Waals surface area contributed by atoms with Gasteiger partial charge >= 0.3 is 0 Å². The van der Waals surface area contributed by atoms with Crippen molar-refractivity contribution in [3.8, 4) is 0 Å². The molecule has 0 unspecified atom stereocenters. The first kappa shape index (κ1) is 12.9. The van der Waals surface area contributed by atoms with Gasteiger partial charge in [-0.3, -0.25) is 0 Å². The van der Waals surface area contributed by atoms with Crippen molar-refractivity contribution in [2.24, 2.45) is 0 Å². The van der Waals surface area contributed by atoms with Gasteiger partial charge in [0.1, 0.15) is 0 Å². The van der Waals surface area contributed by atoms with Crippen molar-refractivity contribution in [1.82, 2.24) is 5.32 Å². The molecule has 88 valence electrons. The second-order valence-electron chi connectivity index (χ2n) is 3.98. The zero-order valence-corrected chi connectivity index (χ0v) is 10.0. The Morgan fingerprint density at radius 1 is 1.25 bits per heavy atom. The van der Waals surface area contributed by atoms with Gasteiger partial charge in [0, 0.05) is 13.1 Å². The van der Waals surface area contributed by atoms with Crippen LogP contribution < -0.4 is 5.32 Å². The summed E-state index contributed by atoms with van der Waals surface area (Å²) in [5.74, 6) is 0. The van der Waals surface area contributed by atoms with E-state index in [1.165, 1.54) is 11.1 Å². The van der Waals surface area contributed by atoms with Crippen LogP contribution in [0.15, 0.2) is 42.5 Å². The Labute approximate surface area is 98.3 Å². The van der Waals surface area contributed by atoms with Gasteiger partial charge < -0.3 is 10.1 Å². The lowest BCUT2D eigenvalue weighted by molar-refractivity contribution is 0.139. The van der Waals surface area contributed by atoms with E-state index in [1.807, 2.05) is 13.0 Å². The highest BCUT2D eigenvalue weighted by atomic mass is 16.5. The van der Waals surface area contributed by atoms with E-state index in [0.717, 1.165) is 32.7 Å². The Morgan fingerprint density at radius 3 is 2.69 bits per heavy atom. The molecule has 16 heavy (non-hydrogen) atoms. The Bertz CT molecular complexity index is 295. The molecule has 0 fully saturated rings. The molecular formula is C14H21NO. The fourth-order valence-electron chi connectivity index (χ4n) is 1.32. The van der Waals surface area contributed by atoms with Gasteiger partial charge in [0.15, 0.2) is 0 Å². The quantitative estimate of drug-likeness (QED) is 0.536. The molecule has 0 aromatic heterocycles. The van der Waals surface area contributed by atoms with Gasteiger partial charge in [0.2, 0.25) is 0 Å². The van der Waals surface area contributed by atoms with E-state index in [9.17, 15) is 0 Å². The largest absolute Gasteiger partial charge is 0.380 e. The van der Waals surface area contributed by atoms with Crippen molar-refractivity contribution >= 4 is 0 Å². The second kappa shape index (κ2) is 8.08. The monoisotopic (exact) mass is 219 g/mol. The molecule has 1 aromatic rings. The van der Waals surface area contributed by atoms with E-state index in [2.05, 4.69) is 36.2 Å². The highest BCUT2D eigenvalue weighted by Gasteiger charge is 1.91. The van der Waals surface area contributed by atoms with E-state index in [1.54, 1.807) is 0 Å². The minimum Gasteiger partial charge on any atom is -0.380 e. The summed E-state index contributed by atoms with van der Waals surface area (Å²) in [7, 11) is 0. The van der Waals surface area contributed by atoms with Crippen LogP contribution in [0.1, 0.15) is 18.9 Å². The van der Waals surface area contributed by atoms with Crippen molar-refractivity contribution in [2.45, 2.75) is 19.9 Å². The van der Waals surface area contributed by atoms with Crippen LogP contribution in [0.2, 0.25) is 0 Å². The summed E-state index contributed by atoms with van der Waals surface area (Å²) in [4.78, 5) is 0. The third-order valence-electron chi connectivity index (χ3n) is 2.27. The molecule has 0 bridgehead atoms. The molecule has 1 N–H and O–H groups in total. The molecule has 0 spiro atoms. The van der Waals surface area contributed by atoms with Crippen molar-refractivity contribution in [3.63, 3.8) is 0 Å². The summed E-state index contributed by atoms with van der Waals surface area (Å²) in [5, 5.41) is 3.34.